The summed E-state index contributed by atoms with van der Waals surface area (Å²) in [5.41, 5.74) is 9.20. The fourth-order valence-electron chi connectivity index (χ4n) is 2.47. The number of aromatic amines is 1. The Hall–Kier alpha value is -1.61. The molecule has 0 unspecified atom stereocenters. The number of benzene rings is 1. The summed E-state index contributed by atoms with van der Waals surface area (Å²) in [5, 5.41) is 0. The summed E-state index contributed by atoms with van der Waals surface area (Å²) in [6.45, 7) is 5.24. The van der Waals surface area contributed by atoms with Crippen molar-refractivity contribution in [2.24, 2.45) is 5.73 Å². The number of rotatable bonds is 8. The van der Waals surface area contributed by atoms with Gasteiger partial charge in [0, 0.05) is 6.42 Å². The second-order valence-corrected chi connectivity index (χ2v) is 5.97. The van der Waals surface area contributed by atoms with Gasteiger partial charge >= 0.3 is 0 Å². The topological polar surface area (TPSA) is 54.7 Å². The van der Waals surface area contributed by atoms with Crippen molar-refractivity contribution in [3.63, 3.8) is 0 Å². The number of aryl methyl sites for hydroxylation is 1. The first kappa shape index (κ1) is 15.8. The van der Waals surface area contributed by atoms with E-state index in [2.05, 4.69) is 48.1 Å². The van der Waals surface area contributed by atoms with Crippen molar-refractivity contribution < 1.29 is 0 Å². The fraction of sp³-hybridized carbons (Fsp3) is 0.500. The number of aromatic nitrogens is 2. The average molecular weight is 285 g/mol. The molecule has 0 atom stereocenters. The van der Waals surface area contributed by atoms with Gasteiger partial charge in [0.05, 0.1) is 11.9 Å². The van der Waals surface area contributed by atoms with Crippen molar-refractivity contribution in [3.8, 4) is 11.3 Å². The predicted octanol–water partition coefficient (Wildman–Crippen LogP) is 4.26. The molecule has 3 N–H and O–H groups in total. The van der Waals surface area contributed by atoms with Gasteiger partial charge in [0.25, 0.3) is 0 Å². The third-order valence-corrected chi connectivity index (χ3v) is 3.88. The zero-order valence-electron chi connectivity index (χ0n) is 13.2. The van der Waals surface area contributed by atoms with E-state index in [-0.39, 0.29) is 0 Å². The maximum atomic E-state index is 5.50. The molecule has 0 radical (unpaired) electrons. The molecule has 3 heteroatoms. The van der Waals surface area contributed by atoms with Crippen LogP contribution in [0.5, 0.6) is 0 Å². The summed E-state index contributed by atoms with van der Waals surface area (Å²) >= 11 is 0. The Bertz CT molecular complexity index is 526. The smallest absolute Gasteiger partial charge is 0.106 e. The number of H-pyrrole nitrogens is 1. The van der Waals surface area contributed by atoms with Gasteiger partial charge in [0.2, 0.25) is 0 Å². The summed E-state index contributed by atoms with van der Waals surface area (Å²) in [6.07, 6.45) is 7.73. The van der Waals surface area contributed by atoms with Crippen LogP contribution in [-0.2, 0) is 6.42 Å². The molecular weight excluding hydrogens is 258 g/mol. The summed E-state index contributed by atoms with van der Waals surface area (Å²) in [4.78, 5) is 7.92. The van der Waals surface area contributed by atoms with Crippen LogP contribution in [0.2, 0.25) is 0 Å². The molecule has 0 spiro atoms. The Morgan fingerprint density at radius 1 is 1.05 bits per heavy atom. The maximum absolute atomic E-state index is 5.50. The minimum Gasteiger partial charge on any atom is -0.342 e. The molecular formula is C18H27N3. The van der Waals surface area contributed by atoms with Crippen LogP contribution >= 0.6 is 0 Å². The van der Waals surface area contributed by atoms with Crippen molar-refractivity contribution in [2.45, 2.75) is 51.9 Å². The lowest BCUT2D eigenvalue weighted by Gasteiger charge is -2.05. The van der Waals surface area contributed by atoms with E-state index in [0.717, 1.165) is 30.9 Å². The number of hydrogen-bond acceptors (Lipinski definition) is 2. The summed E-state index contributed by atoms with van der Waals surface area (Å²) in [6, 6.07) is 8.75. The van der Waals surface area contributed by atoms with E-state index < -0.39 is 0 Å². The molecule has 3 nitrogen and oxygen atoms in total. The number of nitrogens with one attached hydrogen (secondary N) is 1. The molecule has 114 valence electrons. The highest BCUT2D eigenvalue weighted by Gasteiger charge is 2.04. The third-order valence-electron chi connectivity index (χ3n) is 3.88. The molecule has 1 aromatic heterocycles. The lowest BCUT2D eigenvalue weighted by molar-refractivity contribution is 0.638. The standard InChI is InChI=1S/C18H27N3/c1-14(2)15-8-10-16(11-9-15)17-13-20-18(21-17)7-5-3-4-6-12-19/h8-11,13-14H,3-7,12,19H2,1-2H3,(H,20,21). The number of nitrogens with zero attached hydrogens (tertiary/aromatic N) is 1. The Morgan fingerprint density at radius 2 is 1.76 bits per heavy atom. The lowest BCUT2D eigenvalue weighted by Crippen LogP contribution is -1.98. The highest BCUT2D eigenvalue weighted by Crippen LogP contribution is 2.21. The van der Waals surface area contributed by atoms with Gasteiger partial charge in [0.15, 0.2) is 0 Å². The van der Waals surface area contributed by atoms with Crippen molar-refractivity contribution in [1.82, 2.24) is 9.97 Å². The predicted molar refractivity (Wildman–Crippen MR) is 89.3 cm³/mol. The summed E-state index contributed by atoms with van der Waals surface area (Å²) in [5.74, 6) is 1.66. The van der Waals surface area contributed by atoms with Crippen LogP contribution in [0, 0.1) is 0 Å². The van der Waals surface area contributed by atoms with Crippen LogP contribution in [-0.4, -0.2) is 16.5 Å². The van der Waals surface area contributed by atoms with Crippen LogP contribution in [0.1, 0.15) is 56.8 Å². The third kappa shape index (κ3) is 4.71. The molecule has 0 saturated heterocycles. The molecule has 0 bridgehead atoms. The van der Waals surface area contributed by atoms with Gasteiger partial charge in [-0.2, -0.15) is 0 Å². The first-order valence-corrected chi connectivity index (χ1v) is 8.05. The molecule has 0 aliphatic heterocycles. The number of nitrogens with two attached hydrogens (primary N) is 1. The minimum absolute atomic E-state index is 0.574. The van der Waals surface area contributed by atoms with E-state index in [1.54, 1.807) is 0 Å². The van der Waals surface area contributed by atoms with E-state index in [4.69, 9.17) is 5.73 Å². The molecule has 1 aromatic carbocycles. The minimum atomic E-state index is 0.574. The molecule has 0 saturated carbocycles. The Kier molecular flexibility index (Phi) is 6.00. The van der Waals surface area contributed by atoms with Gasteiger partial charge in [-0.1, -0.05) is 51.0 Å². The maximum Gasteiger partial charge on any atom is 0.106 e. The first-order chi connectivity index (χ1) is 10.2. The van der Waals surface area contributed by atoms with Crippen LogP contribution in [0.25, 0.3) is 11.3 Å². The summed E-state index contributed by atoms with van der Waals surface area (Å²) in [7, 11) is 0. The Labute approximate surface area is 128 Å². The zero-order valence-corrected chi connectivity index (χ0v) is 13.2. The van der Waals surface area contributed by atoms with Gasteiger partial charge in [-0.05, 0) is 36.4 Å². The zero-order chi connectivity index (χ0) is 15.1. The Morgan fingerprint density at radius 3 is 2.43 bits per heavy atom. The van der Waals surface area contributed by atoms with Crippen molar-refractivity contribution in [3.05, 3.63) is 41.9 Å². The first-order valence-electron chi connectivity index (χ1n) is 8.05. The number of hydrogen-bond donors (Lipinski definition) is 2. The highest BCUT2D eigenvalue weighted by molar-refractivity contribution is 5.58. The molecule has 21 heavy (non-hydrogen) atoms. The molecule has 0 fully saturated rings. The van der Waals surface area contributed by atoms with Crippen LogP contribution < -0.4 is 5.73 Å². The van der Waals surface area contributed by atoms with Gasteiger partial charge in [0.1, 0.15) is 5.82 Å². The number of unbranched alkanes of at least 4 members (excludes halogenated alkanes) is 3. The SMILES string of the molecule is CC(C)c1ccc(-c2cnc(CCCCCCN)[nH]2)cc1. The van der Waals surface area contributed by atoms with E-state index in [1.165, 1.54) is 30.4 Å². The van der Waals surface area contributed by atoms with Gasteiger partial charge in [-0.3, -0.25) is 0 Å². The van der Waals surface area contributed by atoms with Crippen molar-refractivity contribution in [1.29, 1.82) is 0 Å². The van der Waals surface area contributed by atoms with E-state index >= 15 is 0 Å². The molecule has 2 rings (SSSR count). The monoisotopic (exact) mass is 285 g/mol. The molecule has 0 amide bonds. The largest absolute Gasteiger partial charge is 0.342 e. The van der Waals surface area contributed by atoms with Crippen LogP contribution in [0.15, 0.2) is 30.5 Å². The second kappa shape index (κ2) is 7.99. The number of imidazole rings is 1. The van der Waals surface area contributed by atoms with E-state index in [1.807, 2.05) is 6.20 Å². The van der Waals surface area contributed by atoms with Gasteiger partial charge < -0.3 is 10.7 Å². The van der Waals surface area contributed by atoms with E-state index in [0.29, 0.717) is 5.92 Å². The summed E-state index contributed by atoms with van der Waals surface area (Å²) < 4.78 is 0. The van der Waals surface area contributed by atoms with Gasteiger partial charge in [-0.15, -0.1) is 0 Å². The Balaban J connectivity index is 1.90. The average Bonchev–Trinajstić information content (AvgIpc) is 2.96. The molecule has 0 aliphatic rings. The lowest BCUT2D eigenvalue weighted by atomic mass is 10.0. The van der Waals surface area contributed by atoms with Crippen LogP contribution in [0.3, 0.4) is 0 Å². The van der Waals surface area contributed by atoms with Crippen molar-refractivity contribution >= 4 is 0 Å². The van der Waals surface area contributed by atoms with Gasteiger partial charge in [-0.25, -0.2) is 4.98 Å². The quantitative estimate of drug-likeness (QED) is 0.712. The fourth-order valence-corrected chi connectivity index (χ4v) is 2.47. The second-order valence-electron chi connectivity index (χ2n) is 5.97. The molecule has 1 heterocycles. The van der Waals surface area contributed by atoms with Crippen molar-refractivity contribution in [2.75, 3.05) is 6.54 Å². The molecule has 0 aliphatic carbocycles. The molecule has 2 aromatic rings. The highest BCUT2D eigenvalue weighted by atomic mass is 14.9. The van der Waals surface area contributed by atoms with E-state index in [9.17, 15) is 0 Å². The normalized spacial score (nSPS) is 11.2. The van der Waals surface area contributed by atoms with Crippen LogP contribution in [0.4, 0.5) is 0 Å².